The van der Waals surface area contributed by atoms with Crippen LogP contribution in [0.25, 0.3) is 0 Å². The molecule has 0 saturated carbocycles. The van der Waals surface area contributed by atoms with E-state index in [2.05, 4.69) is 35.3 Å². The number of nitrogens with one attached hydrogen (secondary N) is 1. The van der Waals surface area contributed by atoms with Gasteiger partial charge in [0.1, 0.15) is 0 Å². The number of hydrogen-bond donors (Lipinski definition) is 1. The summed E-state index contributed by atoms with van der Waals surface area (Å²) in [6.07, 6.45) is 3.20. The average Bonchev–Trinajstić information content (AvgIpc) is 2.60. The zero-order valence-electron chi connectivity index (χ0n) is 16.0. The van der Waals surface area contributed by atoms with Gasteiger partial charge in [-0.25, -0.2) is 0 Å². The molecule has 1 aliphatic rings. The molecule has 1 aromatic rings. The molecule has 0 radical (unpaired) electrons. The van der Waals surface area contributed by atoms with Crippen molar-refractivity contribution in [2.24, 2.45) is 5.92 Å². The third-order valence-corrected chi connectivity index (χ3v) is 4.90. The Bertz CT molecular complexity index is 613. The van der Waals surface area contributed by atoms with Crippen molar-refractivity contribution in [2.75, 3.05) is 32.1 Å². The Labute approximate surface area is 151 Å². The SMILES string of the molecule is CCCC(=O)N1CCC[C@H](C(=O)NCc2ccc(N(C)C)cc2C)C1. The summed E-state index contributed by atoms with van der Waals surface area (Å²) in [7, 11) is 4.04. The predicted molar refractivity (Wildman–Crippen MR) is 102 cm³/mol. The Balaban J connectivity index is 1.90. The molecule has 2 rings (SSSR count). The number of nitrogens with zero attached hydrogens (tertiary/aromatic N) is 2. The molecule has 1 fully saturated rings. The van der Waals surface area contributed by atoms with Gasteiger partial charge in [-0.05, 0) is 49.4 Å². The molecule has 25 heavy (non-hydrogen) atoms. The lowest BCUT2D eigenvalue weighted by molar-refractivity contribution is -0.135. The highest BCUT2D eigenvalue weighted by molar-refractivity contribution is 5.81. The minimum atomic E-state index is -0.0871. The van der Waals surface area contributed by atoms with Crippen molar-refractivity contribution in [3.63, 3.8) is 0 Å². The zero-order valence-corrected chi connectivity index (χ0v) is 16.0. The second-order valence-corrected chi connectivity index (χ2v) is 7.15. The molecule has 0 bridgehead atoms. The van der Waals surface area contributed by atoms with Crippen LogP contribution in [0, 0.1) is 12.8 Å². The summed E-state index contributed by atoms with van der Waals surface area (Å²) in [5, 5.41) is 3.06. The monoisotopic (exact) mass is 345 g/mol. The lowest BCUT2D eigenvalue weighted by atomic mass is 9.96. The van der Waals surface area contributed by atoms with E-state index >= 15 is 0 Å². The van der Waals surface area contributed by atoms with E-state index in [1.54, 1.807) is 0 Å². The molecule has 1 saturated heterocycles. The van der Waals surface area contributed by atoms with Gasteiger partial charge in [-0.15, -0.1) is 0 Å². The fourth-order valence-corrected chi connectivity index (χ4v) is 3.27. The summed E-state index contributed by atoms with van der Waals surface area (Å²) in [4.78, 5) is 28.5. The normalized spacial score (nSPS) is 17.3. The highest BCUT2D eigenvalue weighted by Gasteiger charge is 2.27. The van der Waals surface area contributed by atoms with Crippen molar-refractivity contribution in [1.82, 2.24) is 10.2 Å². The number of rotatable bonds is 6. The van der Waals surface area contributed by atoms with Gasteiger partial charge >= 0.3 is 0 Å². The first-order chi connectivity index (χ1) is 11.9. The molecule has 138 valence electrons. The van der Waals surface area contributed by atoms with Crippen molar-refractivity contribution in [3.8, 4) is 0 Å². The number of carbonyl (C=O) groups excluding carboxylic acids is 2. The van der Waals surface area contributed by atoms with E-state index in [1.165, 1.54) is 5.56 Å². The summed E-state index contributed by atoms with van der Waals surface area (Å²) in [6, 6.07) is 6.27. The van der Waals surface area contributed by atoms with E-state index in [0.29, 0.717) is 19.5 Å². The van der Waals surface area contributed by atoms with E-state index < -0.39 is 0 Å². The van der Waals surface area contributed by atoms with Gasteiger partial charge in [-0.1, -0.05) is 13.0 Å². The van der Waals surface area contributed by atoms with Crippen LogP contribution in [0.1, 0.15) is 43.7 Å². The smallest absolute Gasteiger partial charge is 0.225 e. The van der Waals surface area contributed by atoms with Crippen LogP contribution in [0.3, 0.4) is 0 Å². The third kappa shape index (κ3) is 5.21. The molecular weight excluding hydrogens is 314 g/mol. The second-order valence-electron chi connectivity index (χ2n) is 7.15. The topological polar surface area (TPSA) is 52.7 Å². The Morgan fingerprint density at radius 3 is 2.72 bits per heavy atom. The number of likely N-dealkylation sites (tertiary alicyclic amines) is 1. The third-order valence-electron chi connectivity index (χ3n) is 4.90. The van der Waals surface area contributed by atoms with Crippen LogP contribution in [-0.4, -0.2) is 43.9 Å². The molecule has 1 heterocycles. The molecular formula is C20H31N3O2. The van der Waals surface area contributed by atoms with Crippen LogP contribution in [0.2, 0.25) is 0 Å². The first-order valence-corrected chi connectivity index (χ1v) is 9.24. The Hall–Kier alpha value is -2.04. The van der Waals surface area contributed by atoms with Gasteiger partial charge in [0.25, 0.3) is 0 Å². The average molecular weight is 345 g/mol. The maximum Gasteiger partial charge on any atom is 0.225 e. The molecule has 5 heteroatoms. The van der Waals surface area contributed by atoms with Gasteiger partial charge in [0, 0.05) is 45.8 Å². The molecule has 5 nitrogen and oxygen atoms in total. The number of aryl methyl sites for hydroxylation is 1. The van der Waals surface area contributed by atoms with Gasteiger partial charge < -0.3 is 15.1 Å². The van der Waals surface area contributed by atoms with Crippen molar-refractivity contribution in [3.05, 3.63) is 29.3 Å². The summed E-state index contributed by atoms with van der Waals surface area (Å²) < 4.78 is 0. The largest absolute Gasteiger partial charge is 0.378 e. The molecule has 0 aromatic heterocycles. The summed E-state index contributed by atoms with van der Waals surface area (Å²) >= 11 is 0. The van der Waals surface area contributed by atoms with Crippen molar-refractivity contribution in [1.29, 1.82) is 0 Å². The Morgan fingerprint density at radius 1 is 1.32 bits per heavy atom. The second kappa shape index (κ2) is 8.88. The summed E-state index contributed by atoms with van der Waals surface area (Å²) in [6.45, 7) is 5.96. The number of piperidine rings is 1. The van der Waals surface area contributed by atoms with Crippen LogP contribution < -0.4 is 10.2 Å². The summed E-state index contributed by atoms with van der Waals surface area (Å²) in [5.41, 5.74) is 3.47. The first-order valence-electron chi connectivity index (χ1n) is 9.24. The molecule has 0 aliphatic carbocycles. The maximum atomic E-state index is 12.5. The van der Waals surface area contributed by atoms with Gasteiger partial charge in [-0.3, -0.25) is 9.59 Å². The van der Waals surface area contributed by atoms with Crippen molar-refractivity contribution in [2.45, 2.75) is 46.1 Å². The van der Waals surface area contributed by atoms with Crippen LogP contribution in [0.15, 0.2) is 18.2 Å². The van der Waals surface area contributed by atoms with E-state index in [4.69, 9.17) is 0 Å². The first kappa shape index (κ1) is 19.3. The molecule has 0 unspecified atom stereocenters. The Kier molecular flexibility index (Phi) is 6.85. The number of benzene rings is 1. The maximum absolute atomic E-state index is 12.5. The van der Waals surface area contributed by atoms with Gasteiger partial charge in [-0.2, -0.15) is 0 Å². The number of carbonyl (C=O) groups is 2. The summed E-state index contributed by atoms with van der Waals surface area (Å²) in [5.74, 6) is 0.149. The van der Waals surface area contributed by atoms with Crippen LogP contribution >= 0.6 is 0 Å². The highest BCUT2D eigenvalue weighted by Crippen LogP contribution is 2.20. The number of hydrogen-bond acceptors (Lipinski definition) is 3. The van der Waals surface area contributed by atoms with Crippen LogP contribution in [-0.2, 0) is 16.1 Å². The minimum absolute atomic E-state index is 0.0603. The van der Waals surface area contributed by atoms with E-state index in [1.807, 2.05) is 25.9 Å². The van der Waals surface area contributed by atoms with Crippen LogP contribution in [0.4, 0.5) is 5.69 Å². The molecule has 2 amide bonds. The van der Waals surface area contributed by atoms with E-state index in [0.717, 1.165) is 37.1 Å². The Morgan fingerprint density at radius 2 is 2.08 bits per heavy atom. The lowest BCUT2D eigenvalue weighted by Gasteiger charge is -2.32. The number of amides is 2. The zero-order chi connectivity index (χ0) is 18.4. The van der Waals surface area contributed by atoms with Gasteiger partial charge in [0.05, 0.1) is 5.92 Å². The number of anilines is 1. The van der Waals surface area contributed by atoms with Crippen molar-refractivity contribution < 1.29 is 9.59 Å². The van der Waals surface area contributed by atoms with E-state index in [9.17, 15) is 9.59 Å². The fourth-order valence-electron chi connectivity index (χ4n) is 3.27. The molecule has 1 aliphatic heterocycles. The fraction of sp³-hybridized carbons (Fsp3) is 0.600. The molecule has 1 aromatic carbocycles. The minimum Gasteiger partial charge on any atom is -0.378 e. The van der Waals surface area contributed by atoms with Crippen LogP contribution in [0.5, 0.6) is 0 Å². The van der Waals surface area contributed by atoms with E-state index in [-0.39, 0.29) is 17.7 Å². The molecule has 1 atom stereocenters. The molecule has 1 N–H and O–H groups in total. The quantitative estimate of drug-likeness (QED) is 0.862. The van der Waals surface area contributed by atoms with Crippen molar-refractivity contribution >= 4 is 17.5 Å². The standard InChI is InChI=1S/C20H31N3O2/c1-5-7-19(24)23-11-6-8-17(14-23)20(25)21-13-16-9-10-18(22(3)4)12-15(16)2/h9-10,12,17H,5-8,11,13-14H2,1-4H3,(H,21,25)/t17-/m0/s1. The van der Waals surface area contributed by atoms with Gasteiger partial charge in [0.15, 0.2) is 0 Å². The highest BCUT2D eigenvalue weighted by atomic mass is 16.2. The molecule has 0 spiro atoms. The van der Waals surface area contributed by atoms with Gasteiger partial charge in [0.2, 0.25) is 11.8 Å². The lowest BCUT2D eigenvalue weighted by Crippen LogP contribution is -2.45. The predicted octanol–water partition coefficient (Wildman–Crippen LogP) is 2.72.